The molecule has 0 aromatic heterocycles. The molecule has 1 saturated heterocycles. The number of hydrogen-bond acceptors (Lipinski definition) is 10. The summed E-state index contributed by atoms with van der Waals surface area (Å²) >= 11 is 0. The van der Waals surface area contributed by atoms with Gasteiger partial charge in [-0.1, -0.05) is 244 Å². The van der Waals surface area contributed by atoms with Gasteiger partial charge in [-0.15, -0.1) is 0 Å². The first-order valence-corrected chi connectivity index (χ1v) is 28.3. The van der Waals surface area contributed by atoms with Gasteiger partial charge in [-0.05, 0) is 38.5 Å². The van der Waals surface area contributed by atoms with Crippen molar-refractivity contribution in [2.75, 3.05) is 13.2 Å². The number of aliphatic hydroxyl groups is 7. The molecule has 11 nitrogen and oxygen atoms in total. The van der Waals surface area contributed by atoms with Gasteiger partial charge in [0.05, 0.1) is 25.4 Å². The van der Waals surface area contributed by atoms with Crippen LogP contribution in [-0.4, -0.2) is 110 Å². The predicted molar refractivity (Wildman–Crippen MR) is 275 cm³/mol. The molecule has 1 rings (SSSR count). The van der Waals surface area contributed by atoms with Crippen molar-refractivity contribution < 1.29 is 50.0 Å². The quantitative estimate of drug-likeness (QED) is 0.0215. The molecular formula is C56H107NO10. The highest BCUT2D eigenvalue weighted by Gasteiger charge is 2.44. The number of hydrogen-bond donors (Lipinski definition) is 8. The molecule has 0 aliphatic carbocycles. The van der Waals surface area contributed by atoms with Gasteiger partial charge in [-0.25, -0.2) is 0 Å². The summed E-state index contributed by atoms with van der Waals surface area (Å²) in [6.07, 6.45) is 42.4. The zero-order valence-corrected chi connectivity index (χ0v) is 43.1. The first kappa shape index (κ1) is 63.6. The van der Waals surface area contributed by atoms with Crippen LogP contribution in [0.1, 0.15) is 258 Å². The van der Waals surface area contributed by atoms with E-state index in [2.05, 4.69) is 43.5 Å². The summed E-state index contributed by atoms with van der Waals surface area (Å²) in [7, 11) is 0. The molecule has 396 valence electrons. The lowest BCUT2D eigenvalue weighted by atomic mass is 9.98. The Bertz CT molecular complexity index is 1140. The second kappa shape index (κ2) is 45.7. The number of nitrogens with one attached hydrogen (secondary N) is 1. The van der Waals surface area contributed by atoms with Crippen LogP contribution < -0.4 is 5.32 Å². The Morgan fingerprint density at radius 1 is 0.522 bits per heavy atom. The topological polar surface area (TPSA) is 189 Å². The van der Waals surface area contributed by atoms with Gasteiger partial charge >= 0.3 is 0 Å². The fraction of sp³-hybridized carbons (Fsp3) is 0.911. The van der Waals surface area contributed by atoms with E-state index in [1.54, 1.807) is 0 Å². The SMILES string of the molecule is CCCCC/C=C\C=C/CCCCCCCC(O)C(=O)NC(COC1OC(CO)C(O)C(O)C1O)C(O)C(O)CCCCCCCCCCCCCCCCCCCCCCCCCCCC. The third-order valence-corrected chi connectivity index (χ3v) is 13.8. The van der Waals surface area contributed by atoms with Gasteiger partial charge in [0.25, 0.3) is 0 Å². The number of aliphatic hydroxyl groups excluding tert-OH is 7. The van der Waals surface area contributed by atoms with E-state index in [0.717, 1.165) is 57.8 Å². The maximum Gasteiger partial charge on any atom is 0.249 e. The smallest absolute Gasteiger partial charge is 0.249 e. The summed E-state index contributed by atoms with van der Waals surface area (Å²) in [6.45, 7) is 3.43. The van der Waals surface area contributed by atoms with Crippen LogP contribution in [0.3, 0.4) is 0 Å². The number of amides is 1. The van der Waals surface area contributed by atoms with E-state index in [9.17, 15) is 40.5 Å². The van der Waals surface area contributed by atoms with Gasteiger partial charge in [-0.3, -0.25) is 4.79 Å². The number of allylic oxidation sites excluding steroid dienone is 4. The zero-order valence-electron chi connectivity index (χ0n) is 43.1. The van der Waals surface area contributed by atoms with E-state index in [-0.39, 0.29) is 6.42 Å². The molecule has 9 unspecified atom stereocenters. The largest absolute Gasteiger partial charge is 0.394 e. The molecule has 9 atom stereocenters. The molecule has 1 fully saturated rings. The molecule has 1 aliphatic heterocycles. The van der Waals surface area contributed by atoms with Crippen LogP contribution in [0.2, 0.25) is 0 Å². The Labute approximate surface area is 410 Å². The molecule has 0 saturated carbocycles. The number of carbonyl (C=O) groups is 1. The molecule has 8 N–H and O–H groups in total. The highest BCUT2D eigenvalue weighted by Crippen LogP contribution is 2.23. The van der Waals surface area contributed by atoms with E-state index in [1.165, 1.54) is 161 Å². The van der Waals surface area contributed by atoms with Gasteiger partial charge in [-0.2, -0.15) is 0 Å². The lowest BCUT2D eigenvalue weighted by molar-refractivity contribution is -0.303. The molecule has 0 aromatic rings. The molecule has 67 heavy (non-hydrogen) atoms. The first-order chi connectivity index (χ1) is 32.7. The standard InChI is InChI=1S/C56H107NO10/c1-3-5-7-9-11-13-15-17-19-20-21-22-23-24-25-26-27-28-29-30-32-33-35-37-39-41-43-48(59)51(61)47(46-66-56-54(64)53(63)52(62)50(45-58)67-56)57-55(65)49(60)44-42-40-38-36-34-31-18-16-14-12-10-8-6-4-2/h12,14,16,18,47-54,56,58-64H,3-11,13,15,17,19-46H2,1-2H3,(H,57,65)/b14-12-,18-16-. The van der Waals surface area contributed by atoms with E-state index < -0.39 is 74.2 Å². The summed E-state index contributed by atoms with van der Waals surface area (Å²) in [6, 6.07) is -1.17. The maximum atomic E-state index is 13.1. The summed E-state index contributed by atoms with van der Waals surface area (Å²) in [5.41, 5.74) is 0. The van der Waals surface area contributed by atoms with Crippen molar-refractivity contribution in [2.45, 2.75) is 313 Å². The zero-order chi connectivity index (χ0) is 49.0. The van der Waals surface area contributed by atoms with Crippen molar-refractivity contribution in [1.29, 1.82) is 0 Å². The molecule has 11 heteroatoms. The molecule has 0 spiro atoms. The van der Waals surface area contributed by atoms with Crippen molar-refractivity contribution in [3.63, 3.8) is 0 Å². The Hall–Kier alpha value is -1.41. The summed E-state index contributed by atoms with van der Waals surface area (Å²) < 4.78 is 11.1. The number of ether oxygens (including phenoxy) is 2. The summed E-state index contributed by atoms with van der Waals surface area (Å²) in [5, 5.41) is 76.0. The van der Waals surface area contributed by atoms with Crippen molar-refractivity contribution >= 4 is 5.91 Å². The summed E-state index contributed by atoms with van der Waals surface area (Å²) in [4.78, 5) is 13.1. The van der Waals surface area contributed by atoms with Crippen LogP contribution in [0.4, 0.5) is 0 Å². The Morgan fingerprint density at radius 2 is 0.896 bits per heavy atom. The normalized spacial score (nSPS) is 20.8. The maximum absolute atomic E-state index is 13.1. The molecular weight excluding hydrogens is 847 g/mol. The second-order valence-electron chi connectivity index (χ2n) is 20.0. The van der Waals surface area contributed by atoms with Crippen molar-refractivity contribution in [3.8, 4) is 0 Å². The van der Waals surface area contributed by atoms with Gasteiger partial charge in [0.15, 0.2) is 6.29 Å². The minimum absolute atomic E-state index is 0.243. The fourth-order valence-electron chi connectivity index (χ4n) is 9.14. The molecule has 0 aromatic carbocycles. The predicted octanol–water partition coefficient (Wildman–Crippen LogP) is 11.3. The van der Waals surface area contributed by atoms with Crippen molar-refractivity contribution in [1.82, 2.24) is 5.32 Å². The molecule has 0 radical (unpaired) electrons. The van der Waals surface area contributed by atoms with Crippen molar-refractivity contribution in [2.24, 2.45) is 0 Å². The first-order valence-electron chi connectivity index (χ1n) is 28.3. The third-order valence-electron chi connectivity index (χ3n) is 13.8. The highest BCUT2D eigenvalue weighted by atomic mass is 16.7. The van der Waals surface area contributed by atoms with E-state index in [4.69, 9.17) is 9.47 Å². The fourth-order valence-corrected chi connectivity index (χ4v) is 9.14. The van der Waals surface area contributed by atoms with Crippen LogP contribution in [0, 0.1) is 0 Å². The number of rotatable bonds is 48. The van der Waals surface area contributed by atoms with Crippen LogP contribution in [-0.2, 0) is 14.3 Å². The molecule has 0 bridgehead atoms. The minimum atomic E-state index is -1.66. The van der Waals surface area contributed by atoms with E-state index in [0.29, 0.717) is 19.3 Å². The van der Waals surface area contributed by atoms with Gasteiger partial charge < -0.3 is 50.5 Å². The average Bonchev–Trinajstić information content (AvgIpc) is 3.33. The lowest BCUT2D eigenvalue weighted by Gasteiger charge is -2.40. The Morgan fingerprint density at radius 3 is 1.33 bits per heavy atom. The van der Waals surface area contributed by atoms with Crippen LogP contribution in [0.25, 0.3) is 0 Å². The van der Waals surface area contributed by atoms with E-state index in [1.807, 2.05) is 0 Å². The van der Waals surface area contributed by atoms with Crippen LogP contribution in [0.15, 0.2) is 24.3 Å². The minimum Gasteiger partial charge on any atom is -0.394 e. The van der Waals surface area contributed by atoms with Gasteiger partial charge in [0.2, 0.25) is 5.91 Å². The Balaban J connectivity index is 2.29. The monoisotopic (exact) mass is 954 g/mol. The molecule has 1 aliphatic rings. The molecule has 1 heterocycles. The van der Waals surface area contributed by atoms with Crippen molar-refractivity contribution in [3.05, 3.63) is 24.3 Å². The molecule has 1 amide bonds. The Kier molecular flexibility index (Phi) is 43.4. The van der Waals surface area contributed by atoms with Crippen LogP contribution >= 0.6 is 0 Å². The highest BCUT2D eigenvalue weighted by molar-refractivity contribution is 5.80. The van der Waals surface area contributed by atoms with Crippen LogP contribution in [0.5, 0.6) is 0 Å². The number of carbonyl (C=O) groups excluding carboxylic acids is 1. The lowest BCUT2D eigenvalue weighted by Crippen LogP contribution is -2.60. The van der Waals surface area contributed by atoms with Gasteiger partial charge in [0.1, 0.15) is 36.6 Å². The summed E-state index contributed by atoms with van der Waals surface area (Å²) in [5.74, 6) is -0.707. The van der Waals surface area contributed by atoms with Gasteiger partial charge in [0, 0.05) is 0 Å². The van der Waals surface area contributed by atoms with E-state index >= 15 is 0 Å². The third kappa shape index (κ3) is 34.5. The average molecular weight is 954 g/mol. The number of unbranched alkanes of at least 4 members (excludes halogenated alkanes) is 33. The second-order valence-corrected chi connectivity index (χ2v) is 20.0.